The average molecular weight is 146 g/mol. The van der Waals surface area contributed by atoms with Gasteiger partial charge in [0.1, 0.15) is 0 Å². The van der Waals surface area contributed by atoms with Crippen LogP contribution < -0.4 is 0 Å². The lowest BCUT2D eigenvalue weighted by atomic mass is 10.4. The molecule has 0 aliphatic heterocycles. The molecule has 0 N–H and O–H groups in total. The van der Waals surface area contributed by atoms with Gasteiger partial charge in [-0.1, -0.05) is 0 Å². The second-order valence-corrected chi connectivity index (χ2v) is 1.85. The molecule has 60 valence electrons. The van der Waals surface area contributed by atoms with Crippen molar-refractivity contribution >= 4 is 5.97 Å². The van der Waals surface area contributed by atoms with E-state index >= 15 is 0 Å². The highest BCUT2D eigenvalue weighted by Crippen LogP contribution is 1.93. The molecular formula is C7H14O3. The highest BCUT2D eigenvalue weighted by molar-refractivity contribution is 5.74. The quantitative estimate of drug-likeness (QED) is 0.554. The fraction of sp³-hybridized carbons (Fsp3) is 0.857. The summed E-state index contributed by atoms with van der Waals surface area (Å²) >= 11 is 0. The minimum absolute atomic E-state index is 0.288. The molecule has 0 heterocycles. The molecule has 3 heteroatoms. The predicted molar refractivity (Wildman–Crippen MR) is 37.7 cm³/mol. The SMILES string of the molecule is CCOC(=O)[C@@H](C)OCC. The van der Waals surface area contributed by atoms with Crippen LogP contribution in [0.1, 0.15) is 20.8 Å². The van der Waals surface area contributed by atoms with Crippen molar-refractivity contribution in [1.82, 2.24) is 0 Å². The van der Waals surface area contributed by atoms with Crippen LogP contribution in [-0.2, 0) is 14.3 Å². The standard InChI is InChI=1S/C7H14O3/c1-4-9-6(3)7(8)10-5-2/h6H,4-5H2,1-3H3/t6-/m1/s1. The van der Waals surface area contributed by atoms with Gasteiger partial charge in [0.15, 0.2) is 6.10 Å². The minimum atomic E-state index is -0.426. The van der Waals surface area contributed by atoms with E-state index in [1.807, 2.05) is 6.92 Å². The van der Waals surface area contributed by atoms with Crippen molar-refractivity contribution in [3.05, 3.63) is 0 Å². The zero-order valence-corrected chi connectivity index (χ0v) is 6.72. The maximum Gasteiger partial charge on any atom is 0.334 e. The second kappa shape index (κ2) is 5.23. The normalized spacial score (nSPS) is 12.7. The third-order valence-corrected chi connectivity index (χ3v) is 1.04. The van der Waals surface area contributed by atoms with Gasteiger partial charge in [-0.15, -0.1) is 0 Å². The first-order valence-corrected chi connectivity index (χ1v) is 3.50. The third kappa shape index (κ3) is 3.45. The monoisotopic (exact) mass is 146 g/mol. The molecule has 0 aliphatic rings. The van der Waals surface area contributed by atoms with Crippen LogP contribution in [0.5, 0.6) is 0 Å². The van der Waals surface area contributed by atoms with Gasteiger partial charge in [0, 0.05) is 6.61 Å². The maximum atomic E-state index is 10.8. The lowest BCUT2D eigenvalue weighted by molar-refractivity contribution is -0.155. The van der Waals surface area contributed by atoms with Crippen molar-refractivity contribution in [1.29, 1.82) is 0 Å². The van der Waals surface area contributed by atoms with Crippen LogP contribution in [-0.4, -0.2) is 25.3 Å². The van der Waals surface area contributed by atoms with E-state index in [0.717, 1.165) is 0 Å². The van der Waals surface area contributed by atoms with Gasteiger partial charge in [0.2, 0.25) is 0 Å². The van der Waals surface area contributed by atoms with E-state index in [1.165, 1.54) is 0 Å². The molecule has 0 radical (unpaired) electrons. The maximum absolute atomic E-state index is 10.8. The number of carbonyl (C=O) groups is 1. The van der Waals surface area contributed by atoms with Gasteiger partial charge in [0.05, 0.1) is 6.61 Å². The molecular weight excluding hydrogens is 132 g/mol. The molecule has 0 aromatic rings. The molecule has 10 heavy (non-hydrogen) atoms. The number of esters is 1. The topological polar surface area (TPSA) is 35.5 Å². The highest BCUT2D eigenvalue weighted by Gasteiger charge is 2.12. The lowest BCUT2D eigenvalue weighted by Gasteiger charge is -2.08. The van der Waals surface area contributed by atoms with Crippen LogP contribution in [0.4, 0.5) is 0 Å². The predicted octanol–water partition coefficient (Wildman–Crippen LogP) is 0.974. The smallest absolute Gasteiger partial charge is 0.334 e. The van der Waals surface area contributed by atoms with Crippen molar-refractivity contribution in [2.45, 2.75) is 26.9 Å². The van der Waals surface area contributed by atoms with E-state index in [9.17, 15) is 4.79 Å². The molecule has 0 unspecified atom stereocenters. The summed E-state index contributed by atoms with van der Waals surface area (Å²) in [6.07, 6.45) is -0.426. The summed E-state index contributed by atoms with van der Waals surface area (Å²) in [6.45, 7) is 6.25. The van der Waals surface area contributed by atoms with Crippen LogP contribution in [0.15, 0.2) is 0 Å². The zero-order chi connectivity index (χ0) is 7.98. The van der Waals surface area contributed by atoms with E-state index in [2.05, 4.69) is 0 Å². The highest BCUT2D eigenvalue weighted by atomic mass is 16.6. The lowest BCUT2D eigenvalue weighted by Crippen LogP contribution is -2.23. The molecule has 0 bridgehead atoms. The first-order chi connectivity index (χ1) is 4.72. The molecule has 0 rings (SSSR count). The Hall–Kier alpha value is -0.570. The molecule has 1 atom stereocenters. The minimum Gasteiger partial charge on any atom is -0.464 e. The fourth-order valence-electron chi connectivity index (χ4n) is 0.578. The Kier molecular flexibility index (Phi) is 4.94. The molecule has 0 aromatic carbocycles. The first kappa shape index (κ1) is 9.43. The van der Waals surface area contributed by atoms with Crippen LogP contribution >= 0.6 is 0 Å². The van der Waals surface area contributed by atoms with Crippen molar-refractivity contribution in [3.8, 4) is 0 Å². The summed E-state index contributed by atoms with van der Waals surface area (Å²) in [6, 6.07) is 0. The van der Waals surface area contributed by atoms with Crippen LogP contribution in [0.25, 0.3) is 0 Å². The van der Waals surface area contributed by atoms with Gasteiger partial charge in [0.25, 0.3) is 0 Å². The molecule has 0 saturated heterocycles. The fourth-order valence-corrected chi connectivity index (χ4v) is 0.578. The summed E-state index contributed by atoms with van der Waals surface area (Å²) in [5.74, 6) is -0.288. The Morgan fingerprint density at radius 3 is 2.40 bits per heavy atom. The van der Waals surface area contributed by atoms with E-state index in [1.54, 1.807) is 13.8 Å². The summed E-state index contributed by atoms with van der Waals surface area (Å²) in [5, 5.41) is 0. The largest absolute Gasteiger partial charge is 0.464 e. The van der Waals surface area contributed by atoms with Crippen molar-refractivity contribution in [2.75, 3.05) is 13.2 Å². The summed E-state index contributed by atoms with van der Waals surface area (Å²) < 4.78 is 9.67. The molecule has 0 aromatic heterocycles. The van der Waals surface area contributed by atoms with Crippen molar-refractivity contribution in [2.24, 2.45) is 0 Å². The third-order valence-electron chi connectivity index (χ3n) is 1.04. The van der Waals surface area contributed by atoms with Gasteiger partial charge in [-0.3, -0.25) is 0 Å². The van der Waals surface area contributed by atoms with Crippen LogP contribution in [0.2, 0.25) is 0 Å². The van der Waals surface area contributed by atoms with Gasteiger partial charge in [-0.05, 0) is 20.8 Å². The van der Waals surface area contributed by atoms with Gasteiger partial charge >= 0.3 is 5.97 Å². The molecule has 3 nitrogen and oxygen atoms in total. The number of carbonyl (C=O) groups excluding carboxylic acids is 1. The van der Waals surface area contributed by atoms with E-state index in [0.29, 0.717) is 13.2 Å². The van der Waals surface area contributed by atoms with Crippen molar-refractivity contribution in [3.63, 3.8) is 0 Å². The van der Waals surface area contributed by atoms with E-state index < -0.39 is 6.10 Å². The van der Waals surface area contributed by atoms with Gasteiger partial charge in [-0.25, -0.2) is 4.79 Å². The average Bonchev–Trinajstić information content (AvgIpc) is 1.89. The van der Waals surface area contributed by atoms with Gasteiger partial charge < -0.3 is 9.47 Å². The Morgan fingerprint density at radius 2 is 2.00 bits per heavy atom. The molecule has 0 saturated carbocycles. The van der Waals surface area contributed by atoms with E-state index in [4.69, 9.17) is 9.47 Å². The van der Waals surface area contributed by atoms with E-state index in [-0.39, 0.29) is 5.97 Å². The molecule has 0 aliphatic carbocycles. The Labute approximate surface area is 61.3 Å². The molecule has 0 amide bonds. The summed E-state index contributed by atoms with van der Waals surface area (Å²) in [7, 11) is 0. The second-order valence-electron chi connectivity index (χ2n) is 1.85. The molecule has 0 fully saturated rings. The Bertz CT molecular complexity index is 101. The first-order valence-electron chi connectivity index (χ1n) is 3.50. The Morgan fingerprint density at radius 1 is 1.40 bits per heavy atom. The summed E-state index contributed by atoms with van der Waals surface area (Å²) in [5.41, 5.74) is 0. The number of ether oxygens (including phenoxy) is 2. The van der Waals surface area contributed by atoms with Gasteiger partial charge in [-0.2, -0.15) is 0 Å². The number of hydrogen-bond acceptors (Lipinski definition) is 3. The van der Waals surface area contributed by atoms with Crippen LogP contribution in [0.3, 0.4) is 0 Å². The van der Waals surface area contributed by atoms with Crippen LogP contribution in [0, 0.1) is 0 Å². The molecule has 0 spiro atoms. The Balaban J connectivity index is 3.49. The zero-order valence-electron chi connectivity index (χ0n) is 6.72. The number of rotatable bonds is 4. The number of hydrogen-bond donors (Lipinski definition) is 0. The van der Waals surface area contributed by atoms with Crippen molar-refractivity contribution < 1.29 is 14.3 Å². The summed E-state index contributed by atoms with van der Waals surface area (Å²) in [4.78, 5) is 10.8.